The zero-order valence-electron chi connectivity index (χ0n) is 17.1. The molecular weight excluding hydrogens is 378 g/mol. The molecule has 0 radical (unpaired) electrons. The van der Waals surface area contributed by atoms with Gasteiger partial charge in [-0.3, -0.25) is 19.2 Å². The predicted octanol–water partition coefficient (Wildman–Crippen LogP) is 0.560. The number of rotatable bonds is 10. The average Bonchev–Trinajstić information content (AvgIpc) is 2.65. The number of aliphatic carboxylic acids is 1. The normalized spacial score (nSPS) is 14.8. The lowest BCUT2D eigenvalue weighted by Crippen LogP contribution is -2.57. The van der Waals surface area contributed by atoms with Crippen LogP contribution in [0.1, 0.15) is 39.7 Å². The number of benzene rings is 1. The van der Waals surface area contributed by atoms with E-state index in [1.807, 2.05) is 6.92 Å². The van der Waals surface area contributed by atoms with Gasteiger partial charge in [0.15, 0.2) is 0 Å². The fraction of sp³-hybridized carbons (Fsp3) is 0.500. The van der Waals surface area contributed by atoms with Gasteiger partial charge in [-0.15, -0.1) is 0 Å². The largest absolute Gasteiger partial charge is 0.508 e. The number of nitrogens with one attached hydrogen (secondary N) is 3. The molecule has 0 aromatic heterocycles. The van der Waals surface area contributed by atoms with Crippen LogP contribution in [-0.2, 0) is 25.6 Å². The van der Waals surface area contributed by atoms with Crippen molar-refractivity contribution in [3.63, 3.8) is 0 Å². The van der Waals surface area contributed by atoms with Crippen LogP contribution < -0.4 is 16.0 Å². The van der Waals surface area contributed by atoms with Crippen molar-refractivity contribution < 1.29 is 29.4 Å². The van der Waals surface area contributed by atoms with Gasteiger partial charge in [-0.25, -0.2) is 0 Å². The summed E-state index contributed by atoms with van der Waals surface area (Å²) in [5.74, 6) is -2.93. The molecule has 1 rings (SSSR count). The van der Waals surface area contributed by atoms with Gasteiger partial charge in [-0.05, 0) is 30.5 Å². The Balaban J connectivity index is 2.98. The van der Waals surface area contributed by atoms with Gasteiger partial charge in [-0.2, -0.15) is 0 Å². The third-order valence-electron chi connectivity index (χ3n) is 4.59. The Morgan fingerprint density at radius 1 is 0.966 bits per heavy atom. The zero-order chi connectivity index (χ0) is 22.1. The maximum absolute atomic E-state index is 12.8. The zero-order valence-corrected chi connectivity index (χ0v) is 17.1. The number of phenolic OH excluding ortho intramolecular Hbond substituents is 1. The summed E-state index contributed by atoms with van der Waals surface area (Å²) in [6.07, 6.45) is 0.731. The van der Waals surface area contributed by atoms with Crippen LogP contribution in [0.15, 0.2) is 24.3 Å². The Kier molecular flexibility index (Phi) is 9.11. The number of hydrogen-bond donors (Lipinski definition) is 5. The van der Waals surface area contributed by atoms with E-state index in [-0.39, 0.29) is 18.1 Å². The molecule has 0 spiro atoms. The van der Waals surface area contributed by atoms with E-state index in [1.54, 1.807) is 19.1 Å². The van der Waals surface area contributed by atoms with E-state index in [9.17, 15) is 24.3 Å². The van der Waals surface area contributed by atoms with E-state index in [0.29, 0.717) is 12.0 Å². The summed E-state index contributed by atoms with van der Waals surface area (Å²) in [6, 6.07) is 3.21. The van der Waals surface area contributed by atoms with E-state index in [2.05, 4.69) is 16.0 Å². The van der Waals surface area contributed by atoms with Crippen LogP contribution in [0.3, 0.4) is 0 Å². The third-order valence-corrected chi connectivity index (χ3v) is 4.59. The second-order valence-corrected chi connectivity index (χ2v) is 7.06. The smallest absolute Gasteiger partial charge is 0.325 e. The van der Waals surface area contributed by atoms with Crippen LogP contribution in [0.4, 0.5) is 0 Å². The van der Waals surface area contributed by atoms with Crippen LogP contribution in [-0.4, -0.2) is 52.0 Å². The Hall–Kier alpha value is -3.10. The average molecular weight is 407 g/mol. The van der Waals surface area contributed by atoms with Crippen molar-refractivity contribution in [2.75, 3.05) is 0 Å². The molecule has 0 bridgehead atoms. The summed E-state index contributed by atoms with van der Waals surface area (Å²) < 4.78 is 0. The Labute approximate surface area is 169 Å². The second kappa shape index (κ2) is 11.0. The van der Waals surface area contributed by atoms with Gasteiger partial charge in [-0.1, -0.05) is 32.4 Å². The van der Waals surface area contributed by atoms with Crippen molar-refractivity contribution in [1.29, 1.82) is 0 Å². The van der Waals surface area contributed by atoms with E-state index in [1.165, 1.54) is 26.0 Å². The molecule has 0 aliphatic rings. The molecule has 160 valence electrons. The fourth-order valence-electron chi connectivity index (χ4n) is 2.64. The molecule has 0 saturated carbocycles. The van der Waals surface area contributed by atoms with Crippen LogP contribution >= 0.6 is 0 Å². The molecular formula is C20H29N3O6. The minimum absolute atomic E-state index is 0.0790. The second-order valence-electron chi connectivity index (χ2n) is 7.06. The molecule has 1 aromatic carbocycles. The van der Waals surface area contributed by atoms with Crippen molar-refractivity contribution >= 4 is 23.7 Å². The lowest BCUT2D eigenvalue weighted by molar-refractivity contribution is -0.142. The molecule has 0 fully saturated rings. The Bertz CT molecular complexity index is 734. The Morgan fingerprint density at radius 3 is 2.03 bits per heavy atom. The lowest BCUT2D eigenvalue weighted by atomic mass is 9.97. The highest BCUT2D eigenvalue weighted by molar-refractivity contribution is 5.93. The van der Waals surface area contributed by atoms with Gasteiger partial charge >= 0.3 is 5.97 Å². The highest BCUT2D eigenvalue weighted by atomic mass is 16.4. The standard InChI is InChI=1S/C20H29N3O6/c1-5-11(2)17(19(27)21-12(3)20(28)29)23-18(26)16(22-13(4)24)10-14-6-8-15(25)9-7-14/h6-9,11-12,16-17,25H,5,10H2,1-4H3,(H,21,27)(H,22,24)(H,23,26)(H,28,29)/t11?,12-,16-,17-/m0/s1. The molecule has 4 atom stereocenters. The fourth-order valence-corrected chi connectivity index (χ4v) is 2.64. The van der Waals surface area contributed by atoms with Crippen LogP contribution in [0.5, 0.6) is 5.75 Å². The molecule has 9 heteroatoms. The summed E-state index contributed by atoms with van der Waals surface area (Å²) in [7, 11) is 0. The SMILES string of the molecule is CCC(C)[C@H](NC(=O)[C@H](Cc1ccc(O)cc1)NC(C)=O)C(=O)N[C@@H](C)C(=O)O. The summed E-state index contributed by atoms with van der Waals surface area (Å²) in [5, 5.41) is 26.0. The van der Waals surface area contributed by atoms with Crippen molar-refractivity contribution in [2.24, 2.45) is 5.92 Å². The molecule has 0 saturated heterocycles. The molecule has 5 N–H and O–H groups in total. The first kappa shape index (κ1) is 23.9. The number of phenols is 1. The monoisotopic (exact) mass is 407 g/mol. The Morgan fingerprint density at radius 2 is 1.55 bits per heavy atom. The third kappa shape index (κ3) is 7.81. The molecule has 0 aliphatic carbocycles. The number of carbonyl (C=O) groups is 4. The first-order valence-electron chi connectivity index (χ1n) is 9.43. The number of carbonyl (C=O) groups excluding carboxylic acids is 3. The van der Waals surface area contributed by atoms with E-state index < -0.39 is 41.8 Å². The molecule has 0 heterocycles. The number of hydrogen-bond acceptors (Lipinski definition) is 5. The predicted molar refractivity (Wildman–Crippen MR) is 106 cm³/mol. The first-order chi connectivity index (χ1) is 13.5. The van der Waals surface area contributed by atoms with Gasteiger partial charge in [0.1, 0.15) is 23.9 Å². The van der Waals surface area contributed by atoms with E-state index in [4.69, 9.17) is 5.11 Å². The van der Waals surface area contributed by atoms with Crippen molar-refractivity contribution in [1.82, 2.24) is 16.0 Å². The topological polar surface area (TPSA) is 145 Å². The van der Waals surface area contributed by atoms with Gasteiger partial charge in [0, 0.05) is 13.3 Å². The van der Waals surface area contributed by atoms with Crippen molar-refractivity contribution in [3.8, 4) is 5.75 Å². The summed E-state index contributed by atoms with van der Waals surface area (Å²) in [4.78, 5) is 47.9. The van der Waals surface area contributed by atoms with E-state index in [0.717, 1.165) is 0 Å². The number of carboxylic acids is 1. The molecule has 1 unspecified atom stereocenters. The summed E-state index contributed by atoms with van der Waals surface area (Å²) in [6.45, 7) is 6.23. The number of carboxylic acid groups (broad SMARTS) is 1. The number of aromatic hydroxyl groups is 1. The minimum atomic E-state index is -1.18. The van der Waals surface area contributed by atoms with Crippen LogP contribution in [0.25, 0.3) is 0 Å². The van der Waals surface area contributed by atoms with Gasteiger partial charge in [0.05, 0.1) is 0 Å². The molecule has 29 heavy (non-hydrogen) atoms. The van der Waals surface area contributed by atoms with Crippen molar-refractivity contribution in [2.45, 2.75) is 58.7 Å². The molecule has 9 nitrogen and oxygen atoms in total. The summed E-state index contributed by atoms with van der Waals surface area (Å²) in [5.41, 5.74) is 0.709. The molecule has 1 aromatic rings. The van der Waals surface area contributed by atoms with Crippen molar-refractivity contribution in [3.05, 3.63) is 29.8 Å². The van der Waals surface area contributed by atoms with Gasteiger partial charge < -0.3 is 26.2 Å². The first-order valence-corrected chi connectivity index (χ1v) is 9.43. The van der Waals surface area contributed by atoms with Crippen LogP contribution in [0.2, 0.25) is 0 Å². The number of amides is 3. The van der Waals surface area contributed by atoms with Crippen LogP contribution in [0, 0.1) is 5.92 Å². The highest BCUT2D eigenvalue weighted by Gasteiger charge is 2.31. The van der Waals surface area contributed by atoms with E-state index >= 15 is 0 Å². The van der Waals surface area contributed by atoms with Gasteiger partial charge in [0.25, 0.3) is 0 Å². The quantitative estimate of drug-likeness (QED) is 0.383. The maximum Gasteiger partial charge on any atom is 0.325 e. The lowest BCUT2D eigenvalue weighted by Gasteiger charge is -2.27. The maximum atomic E-state index is 12.8. The molecule has 0 aliphatic heterocycles. The molecule has 3 amide bonds. The summed E-state index contributed by atoms with van der Waals surface area (Å²) >= 11 is 0. The minimum Gasteiger partial charge on any atom is -0.508 e. The van der Waals surface area contributed by atoms with Gasteiger partial charge in [0.2, 0.25) is 17.7 Å². The highest BCUT2D eigenvalue weighted by Crippen LogP contribution is 2.13.